The van der Waals surface area contributed by atoms with E-state index in [0.29, 0.717) is 28.7 Å². The summed E-state index contributed by atoms with van der Waals surface area (Å²) in [5.74, 6) is 1.52. The van der Waals surface area contributed by atoms with Crippen LogP contribution in [0.3, 0.4) is 0 Å². The van der Waals surface area contributed by atoms with Gasteiger partial charge in [-0.3, -0.25) is 0 Å². The van der Waals surface area contributed by atoms with Gasteiger partial charge in [0, 0.05) is 6.07 Å². The third kappa shape index (κ3) is 3.75. The van der Waals surface area contributed by atoms with Crippen LogP contribution in [0.2, 0.25) is 0 Å². The Morgan fingerprint density at radius 3 is 2.71 bits per heavy atom. The number of rotatable bonds is 7. The van der Waals surface area contributed by atoms with Gasteiger partial charge in [-0.1, -0.05) is 17.3 Å². The lowest BCUT2D eigenvalue weighted by molar-refractivity contribution is -0.147. The Bertz CT molecular complexity index is 793. The molecule has 0 fully saturated rings. The van der Waals surface area contributed by atoms with Gasteiger partial charge < -0.3 is 23.2 Å². The summed E-state index contributed by atoms with van der Waals surface area (Å²) < 4.78 is 25.9. The van der Waals surface area contributed by atoms with Gasteiger partial charge in [-0.15, -0.1) is 0 Å². The van der Waals surface area contributed by atoms with Crippen molar-refractivity contribution in [1.29, 1.82) is 0 Å². The SMILES string of the molecule is COc1ccccc1OCC(=O)OCc1cc(-c2ccco2)on1. The van der Waals surface area contributed by atoms with Gasteiger partial charge in [-0.05, 0) is 24.3 Å². The number of hydrogen-bond acceptors (Lipinski definition) is 7. The molecule has 0 amide bonds. The predicted octanol–water partition coefficient (Wildman–Crippen LogP) is 3.07. The van der Waals surface area contributed by atoms with E-state index in [1.165, 1.54) is 13.4 Å². The predicted molar refractivity (Wildman–Crippen MR) is 82.5 cm³/mol. The van der Waals surface area contributed by atoms with Gasteiger partial charge >= 0.3 is 5.97 Å². The fourth-order valence-electron chi connectivity index (χ4n) is 1.99. The first-order chi connectivity index (χ1) is 11.8. The molecule has 0 aliphatic carbocycles. The topological polar surface area (TPSA) is 83.9 Å². The minimum atomic E-state index is -0.525. The lowest BCUT2D eigenvalue weighted by atomic mass is 10.3. The lowest BCUT2D eigenvalue weighted by Gasteiger charge is -2.09. The molecule has 0 aliphatic heterocycles. The molecule has 2 heterocycles. The number of furan rings is 1. The Morgan fingerprint density at radius 1 is 1.12 bits per heavy atom. The molecule has 1 aromatic carbocycles. The molecule has 3 aromatic rings. The average molecular weight is 329 g/mol. The van der Waals surface area contributed by atoms with Crippen LogP contribution in [0.25, 0.3) is 11.5 Å². The van der Waals surface area contributed by atoms with Crippen molar-refractivity contribution in [1.82, 2.24) is 5.16 Å². The Hall–Kier alpha value is -3.22. The highest BCUT2D eigenvalue weighted by molar-refractivity contribution is 5.71. The minimum Gasteiger partial charge on any atom is -0.493 e. The molecular weight excluding hydrogens is 314 g/mol. The van der Waals surface area contributed by atoms with Crippen molar-refractivity contribution in [2.75, 3.05) is 13.7 Å². The molecule has 0 saturated carbocycles. The van der Waals surface area contributed by atoms with Crippen LogP contribution in [0.5, 0.6) is 11.5 Å². The Kier molecular flexibility index (Phi) is 4.81. The summed E-state index contributed by atoms with van der Waals surface area (Å²) in [4.78, 5) is 11.8. The molecule has 0 bridgehead atoms. The van der Waals surface area contributed by atoms with Crippen LogP contribution >= 0.6 is 0 Å². The molecule has 0 atom stereocenters. The van der Waals surface area contributed by atoms with Gasteiger partial charge in [-0.25, -0.2) is 4.79 Å². The fourth-order valence-corrected chi connectivity index (χ4v) is 1.99. The summed E-state index contributed by atoms with van der Waals surface area (Å²) in [5.41, 5.74) is 0.479. The quantitative estimate of drug-likeness (QED) is 0.616. The van der Waals surface area contributed by atoms with E-state index in [2.05, 4.69) is 5.16 Å². The molecule has 7 nitrogen and oxygen atoms in total. The maximum Gasteiger partial charge on any atom is 0.344 e. The Balaban J connectivity index is 1.49. The number of methoxy groups -OCH3 is 1. The van der Waals surface area contributed by atoms with Gasteiger partial charge in [0.15, 0.2) is 23.9 Å². The molecule has 0 radical (unpaired) electrons. The number of nitrogens with zero attached hydrogens (tertiary/aromatic N) is 1. The highest BCUT2D eigenvalue weighted by atomic mass is 16.6. The van der Waals surface area contributed by atoms with Crippen molar-refractivity contribution in [3.63, 3.8) is 0 Å². The average Bonchev–Trinajstić information content (AvgIpc) is 3.29. The van der Waals surface area contributed by atoms with Crippen LogP contribution in [0.4, 0.5) is 0 Å². The second-order valence-electron chi connectivity index (χ2n) is 4.76. The summed E-state index contributed by atoms with van der Waals surface area (Å²) in [5, 5.41) is 3.82. The number of hydrogen-bond donors (Lipinski definition) is 0. The van der Waals surface area contributed by atoms with E-state index >= 15 is 0 Å². The summed E-state index contributed by atoms with van der Waals surface area (Å²) >= 11 is 0. The van der Waals surface area contributed by atoms with Gasteiger partial charge in [0.2, 0.25) is 5.76 Å². The van der Waals surface area contributed by atoms with Crippen molar-refractivity contribution in [3.8, 4) is 23.0 Å². The third-order valence-corrected chi connectivity index (χ3v) is 3.12. The van der Waals surface area contributed by atoms with Gasteiger partial charge in [0.05, 0.1) is 13.4 Å². The molecule has 0 saturated heterocycles. The lowest BCUT2D eigenvalue weighted by Crippen LogP contribution is -2.15. The van der Waals surface area contributed by atoms with Crippen LogP contribution < -0.4 is 9.47 Å². The number of aromatic nitrogens is 1. The molecule has 24 heavy (non-hydrogen) atoms. The standard InChI is InChI=1S/C17H15NO6/c1-20-13-5-2-3-6-14(13)22-11-17(19)23-10-12-9-16(24-18-12)15-7-4-8-21-15/h2-9H,10-11H2,1H3. The highest BCUT2D eigenvalue weighted by Crippen LogP contribution is 2.25. The molecular formula is C17H15NO6. The van der Waals surface area contributed by atoms with Crippen LogP contribution in [-0.2, 0) is 16.1 Å². The van der Waals surface area contributed by atoms with Crippen molar-refractivity contribution < 1.29 is 27.9 Å². The fraction of sp³-hybridized carbons (Fsp3) is 0.176. The maximum absolute atomic E-state index is 11.8. The van der Waals surface area contributed by atoms with Crippen LogP contribution in [0, 0.1) is 0 Å². The number of carbonyl (C=O) groups is 1. The zero-order chi connectivity index (χ0) is 16.8. The van der Waals surface area contributed by atoms with Gasteiger partial charge in [0.25, 0.3) is 0 Å². The number of para-hydroxylation sites is 2. The van der Waals surface area contributed by atoms with Gasteiger partial charge in [-0.2, -0.15) is 0 Å². The van der Waals surface area contributed by atoms with Gasteiger partial charge in [0.1, 0.15) is 12.3 Å². The molecule has 0 spiro atoms. The summed E-state index contributed by atoms with van der Waals surface area (Å²) in [6.45, 7) is -0.248. The maximum atomic E-state index is 11.8. The third-order valence-electron chi connectivity index (χ3n) is 3.12. The van der Waals surface area contributed by atoms with Crippen molar-refractivity contribution in [2.45, 2.75) is 6.61 Å². The van der Waals surface area contributed by atoms with Crippen molar-refractivity contribution in [2.24, 2.45) is 0 Å². The minimum absolute atomic E-state index is 0.0155. The second kappa shape index (κ2) is 7.36. The van der Waals surface area contributed by atoms with Crippen LogP contribution in [-0.4, -0.2) is 24.8 Å². The zero-order valence-corrected chi connectivity index (χ0v) is 12.9. The summed E-state index contributed by atoms with van der Waals surface area (Å²) in [6.07, 6.45) is 1.53. The van der Waals surface area contributed by atoms with E-state index in [1.807, 2.05) is 6.07 Å². The second-order valence-corrected chi connectivity index (χ2v) is 4.76. The molecule has 7 heteroatoms. The smallest absolute Gasteiger partial charge is 0.344 e. The van der Waals surface area contributed by atoms with Crippen molar-refractivity contribution >= 4 is 5.97 Å². The first-order valence-electron chi connectivity index (χ1n) is 7.17. The molecule has 0 unspecified atom stereocenters. The Morgan fingerprint density at radius 2 is 1.96 bits per heavy atom. The molecule has 0 aliphatic rings. The number of esters is 1. The number of benzene rings is 1. The first-order valence-corrected chi connectivity index (χ1v) is 7.17. The molecule has 0 N–H and O–H groups in total. The normalized spacial score (nSPS) is 10.4. The van der Waals surface area contributed by atoms with Crippen molar-refractivity contribution in [3.05, 3.63) is 54.4 Å². The van der Waals surface area contributed by atoms with E-state index in [-0.39, 0.29) is 13.2 Å². The van der Waals surface area contributed by atoms with E-state index in [1.54, 1.807) is 36.4 Å². The number of carbonyl (C=O) groups excluding carboxylic acids is 1. The number of ether oxygens (including phenoxy) is 3. The first kappa shape index (κ1) is 15.7. The highest BCUT2D eigenvalue weighted by Gasteiger charge is 2.12. The zero-order valence-electron chi connectivity index (χ0n) is 12.9. The van der Waals surface area contributed by atoms with E-state index in [9.17, 15) is 4.79 Å². The van der Waals surface area contributed by atoms with E-state index in [0.717, 1.165) is 0 Å². The van der Waals surface area contributed by atoms with Crippen LogP contribution in [0.15, 0.2) is 57.7 Å². The molecule has 124 valence electrons. The van der Waals surface area contributed by atoms with E-state index < -0.39 is 5.97 Å². The monoisotopic (exact) mass is 329 g/mol. The summed E-state index contributed by atoms with van der Waals surface area (Å²) in [6, 6.07) is 12.2. The molecule has 3 rings (SSSR count). The molecule has 2 aromatic heterocycles. The van der Waals surface area contributed by atoms with E-state index in [4.69, 9.17) is 23.2 Å². The van der Waals surface area contributed by atoms with Crippen LogP contribution in [0.1, 0.15) is 5.69 Å². The Labute approximate surface area is 137 Å². The largest absolute Gasteiger partial charge is 0.493 e. The summed E-state index contributed by atoms with van der Waals surface area (Å²) in [7, 11) is 1.53.